The van der Waals surface area contributed by atoms with Crippen LogP contribution >= 0.6 is 0 Å². The lowest BCUT2D eigenvalue weighted by Gasteiger charge is -2.19. The molecule has 0 radical (unpaired) electrons. The van der Waals surface area contributed by atoms with E-state index in [0.29, 0.717) is 11.3 Å². The molecule has 1 N–H and O–H groups in total. The quantitative estimate of drug-likeness (QED) is 0.514. The SMILES string of the molecule is COc1ccc(S(=O)(=O)NC[C@H](c2cccnc2)S(=O)(=O)c2ccc(F)c(C)c2)cc1. The van der Waals surface area contributed by atoms with E-state index in [9.17, 15) is 21.2 Å². The molecule has 1 atom stereocenters. The number of aryl methyl sites for hydroxylation is 1. The van der Waals surface area contributed by atoms with Gasteiger partial charge in [-0.1, -0.05) is 6.07 Å². The molecule has 0 fully saturated rings. The topological polar surface area (TPSA) is 102 Å². The molecule has 1 heterocycles. The van der Waals surface area contributed by atoms with E-state index in [4.69, 9.17) is 4.74 Å². The van der Waals surface area contributed by atoms with Crippen molar-refractivity contribution in [3.05, 3.63) is 83.9 Å². The van der Waals surface area contributed by atoms with Crippen LogP contribution in [0.25, 0.3) is 0 Å². The van der Waals surface area contributed by atoms with E-state index >= 15 is 0 Å². The molecule has 1 aromatic heterocycles. The molecule has 0 aliphatic heterocycles. The number of aromatic nitrogens is 1. The van der Waals surface area contributed by atoms with E-state index in [1.165, 1.54) is 62.8 Å². The highest BCUT2D eigenvalue weighted by Gasteiger charge is 2.31. The van der Waals surface area contributed by atoms with Gasteiger partial charge in [-0.05, 0) is 66.6 Å². The zero-order valence-electron chi connectivity index (χ0n) is 16.8. The number of halogens is 1. The molecule has 0 aliphatic carbocycles. The van der Waals surface area contributed by atoms with Crippen molar-refractivity contribution in [2.24, 2.45) is 0 Å². The fraction of sp³-hybridized carbons (Fsp3) is 0.190. The van der Waals surface area contributed by atoms with Gasteiger partial charge in [-0.25, -0.2) is 25.9 Å². The van der Waals surface area contributed by atoms with E-state index in [1.54, 1.807) is 12.1 Å². The normalized spacial score (nSPS) is 13.0. The Balaban J connectivity index is 1.95. The van der Waals surface area contributed by atoms with Crippen molar-refractivity contribution in [1.82, 2.24) is 9.71 Å². The number of pyridine rings is 1. The number of ether oxygens (including phenoxy) is 1. The summed E-state index contributed by atoms with van der Waals surface area (Å²) in [6.45, 7) is 1.03. The summed E-state index contributed by atoms with van der Waals surface area (Å²) in [5, 5.41) is -1.26. The molecular formula is C21H21FN2O5S2. The average Bonchev–Trinajstić information content (AvgIpc) is 2.76. The lowest BCUT2D eigenvalue weighted by Crippen LogP contribution is -2.32. The minimum atomic E-state index is -4.06. The van der Waals surface area contributed by atoms with Crippen molar-refractivity contribution in [1.29, 1.82) is 0 Å². The van der Waals surface area contributed by atoms with E-state index in [1.807, 2.05) is 0 Å². The fourth-order valence-electron chi connectivity index (χ4n) is 2.96. The number of benzene rings is 2. The van der Waals surface area contributed by atoms with Gasteiger partial charge in [0.2, 0.25) is 10.0 Å². The smallest absolute Gasteiger partial charge is 0.240 e. The molecule has 0 spiro atoms. The van der Waals surface area contributed by atoms with Crippen molar-refractivity contribution in [2.45, 2.75) is 22.0 Å². The highest BCUT2D eigenvalue weighted by molar-refractivity contribution is 7.92. The number of sulfone groups is 1. The summed E-state index contributed by atoms with van der Waals surface area (Å²) in [7, 11) is -6.60. The molecule has 0 aliphatic rings. The van der Waals surface area contributed by atoms with Gasteiger partial charge >= 0.3 is 0 Å². The van der Waals surface area contributed by atoms with Crippen LogP contribution in [0.5, 0.6) is 5.75 Å². The molecular weight excluding hydrogens is 443 g/mol. The Bertz CT molecular complexity index is 1260. The second-order valence-corrected chi connectivity index (χ2v) is 10.7. The number of hydrogen-bond donors (Lipinski definition) is 1. The first-order valence-corrected chi connectivity index (χ1v) is 12.2. The molecule has 3 aromatic rings. The minimum absolute atomic E-state index is 0.0340. The minimum Gasteiger partial charge on any atom is -0.497 e. The molecule has 3 rings (SSSR count). The monoisotopic (exact) mass is 464 g/mol. The van der Waals surface area contributed by atoms with Crippen LogP contribution in [0.4, 0.5) is 4.39 Å². The molecule has 0 amide bonds. The summed E-state index contributed by atoms with van der Waals surface area (Å²) in [5.41, 5.74) is 0.478. The summed E-state index contributed by atoms with van der Waals surface area (Å²) in [6.07, 6.45) is 2.84. The summed E-state index contributed by atoms with van der Waals surface area (Å²) in [6, 6.07) is 12.3. The molecule has 0 saturated heterocycles. The zero-order valence-corrected chi connectivity index (χ0v) is 18.5. The molecule has 7 nitrogen and oxygen atoms in total. The Morgan fingerprint density at radius 3 is 2.29 bits per heavy atom. The van der Waals surface area contributed by atoms with E-state index in [2.05, 4.69) is 9.71 Å². The van der Waals surface area contributed by atoms with Gasteiger partial charge in [0.1, 0.15) is 16.8 Å². The first kappa shape index (κ1) is 22.9. The van der Waals surface area contributed by atoms with Crippen molar-refractivity contribution in [3.8, 4) is 5.75 Å². The predicted octanol–water partition coefficient (Wildman–Crippen LogP) is 3.03. The highest BCUT2D eigenvalue weighted by atomic mass is 32.2. The maximum absolute atomic E-state index is 13.7. The average molecular weight is 465 g/mol. The molecule has 31 heavy (non-hydrogen) atoms. The summed E-state index contributed by atoms with van der Waals surface area (Å²) >= 11 is 0. The largest absolute Gasteiger partial charge is 0.497 e. The Morgan fingerprint density at radius 2 is 1.71 bits per heavy atom. The van der Waals surface area contributed by atoms with Gasteiger partial charge in [-0.3, -0.25) is 4.98 Å². The maximum Gasteiger partial charge on any atom is 0.240 e. The van der Waals surface area contributed by atoms with Gasteiger partial charge < -0.3 is 4.74 Å². The van der Waals surface area contributed by atoms with Crippen LogP contribution in [0.1, 0.15) is 16.4 Å². The van der Waals surface area contributed by atoms with Crippen molar-refractivity contribution >= 4 is 19.9 Å². The third-order valence-corrected chi connectivity index (χ3v) is 8.26. The van der Waals surface area contributed by atoms with Crippen LogP contribution in [0, 0.1) is 12.7 Å². The van der Waals surface area contributed by atoms with E-state index in [0.717, 1.165) is 6.07 Å². The summed E-state index contributed by atoms with van der Waals surface area (Å²) in [4.78, 5) is 3.81. The van der Waals surface area contributed by atoms with Crippen LogP contribution in [0.2, 0.25) is 0 Å². The van der Waals surface area contributed by atoms with Crippen LogP contribution < -0.4 is 9.46 Å². The van der Waals surface area contributed by atoms with Crippen LogP contribution in [-0.4, -0.2) is 35.5 Å². The van der Waals surface area contributed by atoms with Crippen molar-refractivity contribution < 1.29 is 26.0 Å². The van der Waals surface area contributed by atoms with Gasteiger partial charge in [-0.2, -0.15) is 0 Å². The molecule has 0 unspecified atom stereocenters. The number of methoxy groups -OCH3 is 1. The standard InChI is InChI=1S/C21H21FN2O5S2/c1-15-12-19(9-10-20(15)22)30(25,26)21(16-4-3-11-23-13-16)14-24-31(27,28)18-7-5-17(29-2)6-8-18/h3-13,21,24H,14H2,1-2H3/t21-/m1/s1. The number of hydrogen-bond acceptors (Lipinski definition) is 6. The zero-order chi connectivity index (χ0) is 22.6. The maximum atomic E-state index is 13.7. The van der Waals surface area contributed by atoms with Gasteiger partial charge in [0.25, 0.3) is 0 Å². The molecule has 0 bridgehead atoms. The highest BCUT2D eigenvalue weighted by Crippen LogP contribution is 2.29. The van der Waals surface area contributed by atoms with Gasteiger partial charge in [0.15, 0.2) is 9.84 Å². The second kappa shape index (κ2) is 9.13. The predicted molar refractivity (Wildman–Crippen MR) is 113 cm³/mol. The molecule has 10 heteroatoms. The molecule has 0 saturated carbocycles. The van der Waals surface area contributed by atoms with E-state index in [-0.39, 0.29) is 15.4 Å². The van der Waals surface area contributed by atoms with Gasteiger partial charge in [0.05, 0.1) is 16.9 Å². The Kier molecular flexibility index (Phi) is 6.73. The third-order valence-electron chi connectivity index (χ3n) is 4.72. The number of sulfonamides is 1. The van der Waals surface area contributed by atoms with Crippen LogP contribution in [-0.2, 0) is 19.9 Å². The van der Waals surface area contributed by atoms with Crippen molar-refractivity contribution in [2.75, 3.05) is 13.7 Å². The Morgan fingerprint density at radius 1 is 1.03 bits per heavy atom. The fourth-order valence-corrected chi connectivity index (χ4v) is 5.84. The first-order chi connectivity index (χ1) is 14.6. The van der Waals surface area contributed by atoms with Gasteiger partial charge in [-0.15, -0.1) is 0 Å². The first-order valence-electron chi connectivity index (χ1n) is 9.19. The summed E-state index contributed by atoms with van der Waals surface area (Å²) < 4.78 is 73.1. The van der Waals surface area contributed by atoms with Gasteiger partial charge in [0, 0.05) is 18.9 Å². The number of nitrogens with one attached hydrogen (secondary N) is 1. The van der Waals surface area contributed by atoms with Crippen LogP contribution in [0.15, 0.2) is 76.8 Å². The lowest BCUT2D eigenvalue weighted by molar-refractivity contribution is 0.414. The lowest BCUT2D eigenvalue weighted by atomic mass is 10.2. The second-order valence-electron chi connectivity index (χ2n) is 6.76. The third kappa shape index (κ3) is 5.09. The Hall–Kier alpha value is -2.82. The molecule has 164 valence electrons. The van der Waals surface area contributed by atoms with E-state index < -0.39 is 37.5 Å². The number of nitrogens with zero attached hydrogens (tertiary/aromatic N) is 1. The summed E-state index contributed by atoms with van der Waals surface area (Å²) in [5.74, 6) is -0.0430. The van der Waals surface area contributed by atoms with Crippen molar-refractivity contribution in [3.63, 3.8) is 0 Å². The molecule has 2 aromatic carbocycles. The Labute approximate surface area is 180 Å². The number of rotatable bonds is 8. The van der Waals surface area contributed by atoms with Crippen LogP contribution in [0.3, 0.4) is 0 Å².